The third-order valence-corrected chi connectivity index (χ3v) is 7.06. The third-order valence-electron chi connectivity index (χ3n) is 7.06. The van der Waals surface area contributed by atoms with Crippen molar-refractivity contribution in [1.29, 1.82) is 0 Å². The molecule has 1 aliphatic rings. The van der Waals surface area contributed by atoms with Gasteiger partial charge >= 0.3 is 0 Å². The molecule has 0 bridgehead atoms. The summed E-state index contributed by atoms with van der Waals surface area (Å²) in [6.45, 7) is 13.8. The van der Waals surface area contributed by atoms with E-state index in [0.29, 0.717) is 23.1 Å². The van der Waals surface area contributed by atoms with Crippen LogP contribution in [0.1, 0.15) is 20.8 Å². The van der Waals surface area contributed by atoms with Crippen LogP contribution in [0.15, 0.2) is 73.6 Å². The molecule has 2 aromatic carbocycles. The molecule has 39 heavy (non-hydrogen) atoms. The second kappa shape index (κ2) is 10.8. The highest BCUT2D eigenvalue weighted by Gasteiger charge is 2.27. The molecule has 1 aliphatic heterocycles. The van der Waals surface area contributed by atoms with Crippen LogP contribution in [0.5, 0.6) is 5.75 Å². The Balaban J connectivity index is 1.46. The van der Waals surface area contributed by atoms with Gasteiger partial charge in [-0.05, 0) is 56.5 Å². The number of methoxy groups -OCH3 is 1. The lowest BCUT2D eigenvalue weighted by Crippen LogP contribution is -2.53. The van der Waals surface area contributed by atoms with Crippen molar-refractivity contribution in [3.05, 3.63) is 73.6 Å². The van der Waals surface area contributed by atoms with Gasteiger partial charge in [0.05, 0.1) is 29.7 Å². The van der Waals surface area contributed by atoms with Crippen LogP contribution >= 0.6 is 0 Å². The van der Waals surface area contributed by atoms with E-state index in [2.05, 4.69) is 71.0 Å². The highest BCUT2D eigenvalue weighted by atomic mass is 16.5. The quantitative estimate of drug-likeness (QED) is 0.320. The lowest BCUT2D eigenvalue weighted by atomic mass is 10.0. The van der Waals surface area contributed by atoms with Crippen LogP contribution in [0.4, 0.5) is 23.0 Å². The van der Waals surface area contributed by atoms with E-state index in [1.807, 2.05) is 41.1 Å². The number of nitrogens with zero attached hydrogens (tertiary/aromatic N) is 5. The van der Waals surface area contributed by atoms with Crippen LogP contribution < -0.4 is 20.3 Å². The molecule has 0 saturated carbocycles. The Hall–Kier alpha value is -4.37. The zero-order valence-corrected chi connectivity index (χ0v) is 22.9. The van der Waals surface area contributed by atoms with Crippen LogP contribution in [0.25, 0.3) is 16.7 Å². The molecule has 2 N–H and O–H groups in total. The lowest BCUT2D eigenvalue weighted by molar-refractivity contribution is -0.111. The molecule has 1 fully saturated rings. The number of carbonyl (C=O) groups excluding carboxylic acids is 1. The van der Waals surface area contributed by atoms with Crippen molar-refractivity contribution < 1.29 is 9.53 Å². The van der Waals surface area contributed by atoms with Crippen LogP contribution in [0.3, 0.4) is 0 Å². The van der Waals surface area contributed by atoms with Gasteiger partial charge in [-0.2, -0.15) is 4.98 Å². The van der Waals surface area contributed by atoms with Gasteiger partial charge in [-0.1, -0.05) is 24.8 Å². The number of rotatable bonds is 7. The topological polar surface area (TPSA) is 87.5 Å². The molecule has 0 spiro atoms. The summed E-state index contributed by atoms with van der Waals surface area (Å²) >= 11 is 0. The monoisotopic (exact) mass is 525 g/mol. The first-order chi connectivity index (χ1) is 18.8. The Morgan fingerprint density at radius 3 is 2.54 bits per heavy atom. The summed E-state index contributed by atoms with van der Waals surface area (Å²) in [7, 11) is 1.63. The number of benzene rings is 2. The van der Waals surface area contributed by atoms with Gasteiger partial charge in [0, 0.05) is 50.2 Å². The normalized spacial score (nSPS) is 14.3. The first kappa shape index (κ1) is 26.2. The average molecular weight is 526 g/mol. The molecular formula is C30H35N7O2. The highest BCUT2D eigenvalue weighted by Crippen LogP contribution is 2.39. The average Bonchev–Trinajstić information content (AvgIpc) is 3.37. The molecule has 202 valence electrons. The van der Waals surface area contributed by atoms with Gasteiger partial charge in [-0.15, -0.1) is 0 Å². The summed E-state index contributed by atoms with van der Waals surface area (Å²) in [5.74, 6) is 1.50. The number of aromatic nitrogens is 3. The van der Waals surface area contributed by atoms with E-state index < -0.39 is 0 Å². The van der Waals surface area contributed by atoms with E-state index in [-0.39, 0.29) is 11.4 Å². The third kappa shape index (κ3) is 5.58. The Kier molecular flexibility index (Phi) is 7.26. The Labute approximate surface area is 229 Å². The van der Waals surface area contributed by atoms with Crippen molar-refractivity contribution in [3.8, 4) is 11.6 Å². The number of hydrogen-bond donors (Lipinski definition) is 2. The first-order valence-electron chi connectivity index (χ1n) is 13.1. The van der Waals surface area contributed by atoms with E-state index in [1.54, 1.807) is 13.3 Å². The summed E-state index contributed by atoms with van der Waals surface area (Å²) in [6.07, 6.45) is 4.98. The SMILES string of the molecule is C=CC(=O)Nc1cc(Nc2nccc(-n3ccc4ccccc43)n2)c(OC)cc1N1CCN(C(C)(C)C)CC1. The highest BCUT2D eigenvalue weighted by molar-refractivity contribution is 6.02. The smallest absolute Gasteiger partial charge is 0.247 e. The minimum Gasteiger partial charge on any atom is -0.494 e. The van der Waals surface area contributed by atoms with Crippen molar-refractivity contribution in [2.75, 3.05) is 48.8 Å². The van der Waals surface area contributed by atoms with Gasteiger partial charge in [0.2, 0.25) is 11.9 Å². The summed E-state index contributed by atoms with van der Waals surface area (Å²) in [5.41, 5.74) is 3.38. The van der Waals surface area contributed by atoms with E-state index in [0.717, 1.165) is 48.6 Å². The number of para-hydroxylation sites is 1. The molecule has 3 heterocycles. The Morgan fingerprint density at radius 2 is 1.82 bits per heavy atom. The molecule has 1 amide bonds. The number of hydrogen-bond acceptors (Lipinski definition) is 7. The predicted octanol–water partition coefficient (Wildman–Crippen LogP) is 5.22. The molecule has 1 saturated heterocycles. The number of anilines is 4. The molecule has 9 heteroatoms. The van der Waals surface area contributed by atoms with E-state index in [1.165, 1.54) is 6.08 Å². The van der Waals surface area contributed by atoms with Crippen LogP contribution in [0, 0.1) is 0 Å². The molecule has 5 rings (SSSR count). The lowest BCUT2D eigenvalue weighted by Gasteiger charge is -2.43. The molecule has 2 aromatic heterocycles. The van der Waals surface area contributed by atoms with Gasteiger partial charge < -0.3 is 24.8 Å². The van der Waals surface area contributed by atoms with Gasteiger partial charge in [0.25, 0.3) is 0 Å². The standard InChI is InChI=1S/C30H35N7O2/c1-6-28(38)32-22-19-23(26(39-5)20-25(22)35-15-17-36(18-16-35)30(2,3)4)33-29-31-13-11-27(34-29)37-14-12-21-9-7-8-10-24(21)37/h6-14,19-20H,1,15-18H2,2-5H3,(H,32,38)(H,31,33,34). The zero-order chi connectivity index (χ0) is 27.6. The molecular weight excluding hydrogens is 490 g/mol. The molecule has 0 aliphatic carbocycles. The van der Waals surface area contributed by atoms with Crippen molar-refractivity contribution in [1.82, 2.24) is 19.4 Å². The van der Waals surface area contributed by atoms with E-state index in [4.69, 9.17) is 9.72 Å². The van der Waals surface area contributed by atoms with Gasteiger partial charge in [-0.3, -0.25) is 9.69 Å². The number of carbonyl (C=O) groups is 1. The fourth-order valence-corrected chi connectivity index (χ4v) is 4.95. The Morgan fingerprint density at radius 1 is 1.05 bits per heavy atom. The van der Waals surface area contributed by atoms with Crippen molar-refractivity contribution >= 4 is 39.8 Å². The largest absolute Gasteiger partial charge is 0.494 e. The van der Waals surface area contributed by atoms with Crippen molar-refractivity contribution in [2.24, 2.45) is 0 Å². The number of nitrogens with one attached hydrogen (secondary N) is 2. The maximum Gasteiger partial charge on any atom is 0.247 e. The summed E-state index contributed by atoms with van der Waals surface area (Å²) < 4.78 is 7.80. The predicted molar refractivity (Wildman–Crippen MR) is 158 cm³/mol. The maximum atomic E-state index is 12.4. The van der Waals surface area contributed by atoms with Gasteiger partial charge in [0.1, 0.15) is 11.6 Å². The fraction of sp³-hybridized carbons (Fsp3) is 0.300. The molecule has 0 unspecified atom stereocenters. The summed E-state index contributed by atoms with van der Waals surface area (Å²) in [5, 5.41) is 7.41. The summed E-state index contributed by atoms with van der Waals surface area (Å²) in [4.78, 5) is 26.3. The zero-order valence-electron chi connectivity index (χ0n) is 22.9. The summed E-state index contributed by atoms with van der Waals surface area (Å²) in [6, 6.07) is 15.9. The molecule has 0 radical (unpaired) electrons. The Bertz CT molecular complexity index is 1500. The van der Waals surface area contributed by atoms with E-state index in [9.17, 15) is 4.79 Å². The molecule has 0 atom stereocenters. The fourth-order valence-electron chi connectivity index (χ4n) is 4.95. The number of amides is 1. The number of piperazine rings is 1. The molecule has 9 nitrogen and oxygen atoms in total. The number of fused-ring (bicyclic) bond motifs is 1. The maximum absolute atomic E-state index is 12.4. The van der Waals surface area contributed by atoms with E-state index >= 15 is 0 Å². The second-order valence-electron chi connectivity index (χ2n) is 10.5. The molecule has 4 aromatic rings. The van der Waals surface area contributed by atoms with Crippen LogP contribution in [-0.4, -0.2) is 64.2 Å². The van der Waals surface area contributed by atoms with Gasteiger partial charge in [-0.25, -0.2) is 4.98 Å². The van der Waals surface area contributed by atoms with Gasteiger partial charge in [0.15, 0.2) is 0 Å². The van der Waals surface area contributed by atoms with Crippen LogP contribution in [0.2, 0.25) is 0 Å². The first-order valence-corrected chi connectivity index (χ1v) is 13.1. The minimum absolute atomic E-state index is 0.110. The van der Waals surface area contributed by atoms with Crippen molar-refractivity contribution in [3.63, 3.8) is 0 Å². The second-order valence-corrected chi connectivity index (χ2v) is 10.5. The number of ether oxygens (including phenoxy) is 1. The minimum atomic E-state index is -0.279. The van der Waals surface area contributed by atoms with Crippen molar-refractivity contribution in [2.45, 2.75) is 26.3 Å². The van der Waals surface area contributed by atoms with Crippen LogP contribution in [-0.2, 0) is 4.79 Å².